The van der Waals surface area contributed by atoms with Crippen molar-refractivity contribution in [3.8, 4) is 5.88 Å². The molecule has 0 aliphatic carbocycles. The van der Waals surface area contributed by atoms with E-state index >= 15 is 0 Å². The molecule has 0 aliphatic heterocycles. The van der Waals surface area contributed by atoms with Crippen molar-refractivity contribution in [2.75, 3.05) is 0 Å². The number of aryl methyl sites for hydroxylation is 1. The Hall–Kier alpha value is -1.19. The Morgan fingerprint density at radius 2 is 2.00 bits per heavy atom. The van der Waals surface area contributed by atoms with Crippen molar-refractivity contribution in [3.63, 3.8) is 0 Å². The number of rotatable bonds is 3. The molecule has 0 atom stereocenters. The molecule has 14 heavy (non-hydrogen) atoms. The van der Waals surface area contributed by atoms with Gasteiger partial charge >= 0.3 is 6.61 Å². The summed E-state index contributed by atoms with van der Waals surface area (Å²) in [6, 6.07) is 1.53. The van der Waals surface area contributed by atoms with E-state index in [0.717, 1.165) is 11.1 Å². The van der Waals surface area contributed by atoms with Crippen LogP contribution in [0.15, 0.2) is 12.3 Å². The van der Waals surface area contributed by atoms with Gasteiger partial charge in [-0.05, 0) is 24.0 Å². The summed E-state index contributed by atoms with van der Waals surface area (Å²) < 4.78 is 27.9. The lowest BCUT2D eigenvalue weighted by molar-refractivity contribution is -0.0528. The Morgan fingerprint density at radius 3 is 2.43 bits per heavy atom. The normalized spacial score (nSPS) is 11.1. The second-order valence-corrected chi connectivity index (χ2v) is 3.41. The number of pyridine rings is 1. The molecule has 0 spiro atoms. The van der Waals surface area contributed by atoms with Crippen molar-refractivity contribution < 1.29 is 13.5 Å². The summed E-state index contributed by atoms with van der Waals surface area (Å²) in [6.45, 7) is 3.09. The third-order valence-corrected chi connectivity index (χ3v) is 1.96. The van der Waals surface area contributed by atoms with Gasteiger partial charge in [0.25, 0.3) is 0 Å². The van der Waals surface area contributed by atoms with Gasteiger partial charge in [-0.15, -0.1) is 0 Å². The number of hydrogen-bond acceptors (Lipinski definition) is 2. The minimum Gasteiger partial charge on any atom is -0.417 e. The Balaban J connectivity index is 2.89. The van der Waals surface area contributed by atoms with Gasteiger partial charge in [0.2, 0.25) is 5.88 Å². The fourth-order valence-corrected chi connectivity index (χ4v) is 1.30. The van der Waals surface area contributed by atoms with E-state index in [1.54, 1.807) is 6.20 Å². The SMILES string of the molecule is Cc1cc(OC(F)F)ncc1C(C)C. The zero-order valence-corrected chi connectivity index (χ0v) is 8.42. The molecule has 1 aromatic heterocycles. The van der Waals surface area contributed by atoms with Gasteiger partial charge in [-0.2, -0.15) is 8.78 Å². The van der Waals surface area contributed by atoms with Crippen molar-refractivity contribution in [1.82, 2.24) is 4.98 Å². The number of aromatic nitrogens is 1. The number of alkyl halides is 2. The van der Waals surface area contributed by atoms with E-state index in [9.17, 15) is 8.78 Å². The number of ether oxygens (including phenoxy) is 1. The standard InChI is InChI=1S/C10H13F2NO/c1-6(2)8-5-13-9(4-7(8)3)14-10(11)12/h4-6,10H,1-3H3. The zero-order valence-electron chi connectivity index (χ0n) is 8.42. The highest BCUT2D eigenvalue weighted by molar-refractivity contribution is 5.30. The summed E-state index contributed by atoms with van der Waals surface area (Å²) in [5.41, 5.74) is 1.97. The largest absolute Gasteiger partial charge is 0.417 e. The number of hydrogen-bond donors (Lipinski definition) is 0. The predicted octanol–water partition coefficient (Wildman–Crippen LogP) is 3.11. The van der Waals surface area contributed by atoms with Crippen LogP contribution in [0, 0.1) is 6.92 Å². The maximum absolute atomic E-state index is 11.8. The summed E-state index contributed by atoms with van der Waals surface area (Å²) in [6.07, 6.45) is 1.58. The second-order valence-electron chi connectivity index (χ2n) is 3.41. The van der Waals surface area contributed by atoms with Crippen molar-refractivity contribution in [3.05, 3.63) is 23.4 Å². The van der Waals surface area contributed by atoms with E-state index in [4.69, 9.17) is 0 Å². The Kier molecular flexibility index (Phi) is 3.38. The minimum atomic E-state index is -2.81. The van der Waals surface area contributed by atoms with Gasteiger partial charge in [0, 0.05) is 12.3 Å². The van der Waals surface area contributed by atoms with Gasteiger partial charge in [-0.1, -0.05) is 13.8 Å². The van der Waals surface area contributed by atoms with Crippen LogP contribution in [0.4, 0.5) is 8.78 Å². The van der Waals surface area contributed by atoms with Crippen molar-refractivity contribution in [2.45, 2.75) is 33.3 Å². The maximum Gasteiger partial charge on any atom is 0.388 e. The number of halogens is 2. The Labute approximate surface area is 81.9 Å². The van der Waals surface area contributed by atoms with Crippen LogP contribution in [0.5, 0.6) is 5.88 Å². The average Bonchev–Trinajstić information content (AvgIpc) is 2.01. The van der Waals surface area contributed by atoms with Gasteiger partial charge in [0.05, 0.1) is 0 Å². The highest BCUT2D eigenvalue weighted by Gasteiger charge is 2.09. The monoisotopic (exact) mass is 201 g/mol. The fourth-order valence-electron chi connectivity index (χ4n) is 1.30. The van der Waals surface area contributed by atoms with E-state index in [0.29, 0.717) is 5.92 Å². The van der Waals surface area contributed by atoms with Crippen LogP contribution >= 0.6 is 0 Å². The first kappa shape index (κ1) is 10.9. The zero-order chi connectivity index (χ0) is 10.7. The summed E-state index contributed by atoms with van der Waals surface area (Å²) in [5, 5.41) is 0. The fraction of sp³-hybridized carbons (Fsp3) is 0.500. The van der Waals surface area contributed by atoms with Crippen molar-refractivity contribution in [1.29, 1.82) is 0 Å². The molecule has 0 saturated carbocycles. The van der Waals surface area contributed by atoms with Crippen LogP contribution in [0.2, 0.25) is 0 Å². The third kappa shape index (κ3) is 2.65. The predicted molar refractivity (Wildman–Crippen MR) is 49.7 cm³/mol. The van der Waals surface area contributed by atoms with Crippen LogP contribution in [0.1, 0.15) is 30.9 Å². The molecule has 4 heteroatoms. The molecule has 0 N–H and O–H groups in total. The van der Waals surface area contributed by atoms with Crippen molar-refractivity contribution >= 4 is 0 Å². The molecule has 1 heterocycles. The molecule has 0 radical (unpaired) electrons. The summed E-state index contributed by atoms with van der Waals surface area (Å²) >= 11 is 0. The van der Waals surface area contributed by atoms with E-state index in [2.05, 4.69) is 9.72 Å². The smallest absolute Gasteiger partial charge is 0.388 e. The van der Waals surface area contributed by atoms with Gasteiger partial charge in [0.15, 0.2) is 0 Å². The Morgan fingerprint density at radius 1 is 1.36 bits per heavy atom. The first-order valence-electron chi connectivity index (χ1n) is 4.42. The summed E-state index contributed by atoms with van der Waals surface area (Å²) in [5.74, 6) is 0.310. The minimum absolute atomic E-state index is 0.0260. The molecule has 1 rings (SSSR count). The highest BCUT2D eigenvalue weighted by Crippen LogP contribution is 2.21. The summed E-state index contributed by atoms with van der Waals surface area (Å²) in [4.78, 5) is 3.80. The number of nitrogens with zero attached hydrogens (tertiary/aromatic N) is 1. The maximum atomic E-state index is 11.8. The van der Waals surface area contributed by atoms with Crippen LogP contribution in [0.25, 0.3) is 0 Å². The topological polar surface area (TPSA) is 22.1 Å². The molecule has 1 aromatic rings. The first-order chi connectivity index (χ1) is 6.50. The molecule has 78 valence electrons. The van der Waals surface area contributed by atoms with Gasteiger partial charge < -0.3 is 4.74 Å². The Bertz CT molecular complexity index is 313. The average molecular weight is 201 g/mol. The lowest BCUT2D eigenvalue weighted by Crippen LogP contribution is -2.04. The van der Waals surface area contributed by atoms with Crippen LogP contribution in [0.3, 0.4) is 0 Å². The van der Waals surface area contributed by atoms with Crippen LogP contribution in [-0.2, 0) is 0 Å². The lowest BCUT2D eigenvalue weighted by atomic mass is 10.0. The molecule has 0 bridgehead atoms. The molecule has 2 nitrogen and oxygen atoms in total. The van der Waals surface area contributed by atoms with Crippen molar-refractivity contribution in [2.24, 2.45) is 0 Å². The van der Waals surface area contributed by atoms with Crippen LogP contribution in [-0.4, -0.2) is 11.6 Å². The molecular weight excluding hydrogens is 188 g/mol. The molecule has 0 aliphatic rings. The molecule has 0 amide bonds. The highest BCUT2D eigenvalue weighted by atomic mass is 19.3. The van der Waals surface area contributed by atoms with Crippen LogP contribution < -0.4 is 4.74 Å². The molecule has 0 aromatic carbocycles. The second kappa shape index (κ2) is 4.35. The van der Waals surface area contributed by atoms with E-state index in [1.165, 1.54) is 6.07 Å². The molecular formula is C10H13F2NO. The van der Waals surface area contributed by atoms with E-state index < -0.39 is 6.61 Å². The van der Waals surface area contributed by atoms with Gasteiger partial charge in [0.1, 0.15) is 0 Å². The molecule has 0 fully saturated rings. The third-order valence-electron chi connectivity index (χ3n) is 1.96. The molecule has 0 saturated heterocycles. The van der Waals surface area contributed by atoms with Gasteiger partial charge in [-0.3, -0.25) is 0 Å². The first-order valence-corrected chi connectivity index (χ1v) is 4.42. The quantitative estimate of drug-likeness (QED) is 0.749. The lowest BCUT2D eigenvalue weighted by Gasteiger charge is -2.10. The molecule has 0 unspecified atom stereocenters. The summed E-state index contributed by atoms with van der Waals surface area (Å²) in [7, 11) is 0. The van der Waals surface area contributed by atoms with E-state index in [1.807, 2.05) is 20.8 Å². The van der Waals surface area contributed by atoms with Gasteiger partial charge in [-0.25, -0.2) is 4.98 Å². The van der Waals surface area contributed by atoms with E-state index in [-0.39, 0.29) is 5.88 Å².